The maximum absolute atomic E-state index is 9.36. The van der Waals surface area contributed by atoms with E-state index in [1.165, 1.54) is 12.8 Å². The third-order valence-electron chi connectivity index (χ3n) is 3.25. The largest absolute Gasteiger partial charge is 0.493 e. The molecule has 2 rings (SSSR count). The standard InChI is InChI=1S/C16H23NO3Si/c1-18-14-8-7-13(16(10-17)20-21(2,3)4)9-15(14)19-11-12-5-6-12/h7-9,12,16H,5-6,11H2,1-4H3. The molecule has 0 saturated heterocycles. The average Bonchev–Trinajstić information content (AvgIpc) is 3.25. The minimum Gasteiger partial charge on any atom is -0.493 e. The van der Waals surface area contributed by atoms with Crippen LogP contribution in [0, 0.1) is 17.2 Å². The molecule has 5 heteroatoms. The summed E-state index contributed by atoms with van der Waals surface area (Å²) in [6, 6.07) is 7.82. The zero-order valence-electron chi connectivity index (χ0n) is 13.2. The topological polar surface area (TPSA) is 51.5 Å². The van der Waals surface area contributed by atoms with Crippen molar-refractivity contribution in [3.63, 3.8) is 0 Å². The third kappa shape index (κ3) is 4.76. The summed E-state index contributed by atoms with van der Waals surface area (Å²) in [5.74, 6) is 2.06. The summed E-state index contributed by atoms with van der Waals surface area (Å²) in [6.45, 7) is 6.94. The Balaban J connectivity index is 2.18. The Hall–Kier alpha value is -1.51. The van der Waals surface area contributed by atoms with Crippen molar-refractivity contribution in [1.29, 1.82) is 5.26 Å². The summed E-state index contributed by atoms with van der Waals surface area (Å²) in [7, 11) is -0.160. The van der Waals surface area contributed by atoms with Gasteiger partial charge in [0.15, 0.2) is 25.9 Å². The number of nitriles is 1. The van der Waals surface area contributed by atoms with Crippen LogP contribution in [0.4, 0.5) is 0 Å². The predicted octanol–water partition coefficient (Wildman–Crippen LogP) is 3.90. The van der Waals surface area contributed by atoms with Crippen molar-refractivity contribution in [2.45, 2.75) is 38.6 Å². The third-order valence-corrected chi connectivity index (χ3v) is 4.19. The summed E-state index contributed by atoms with van der Waals surface area (Å²) < 4.78 is 17.1. The van der Waals surface area contributed by atoms with Gasteiger partial charge in [0.2, 0.25) is 0 Å². The molecule has 0 aromatic heterocycles. The lowest BCUT2D eigenvalue weighted by atomic mass is 10.1. The van der Waals surface area contributed by atoms with E-state index < -0.39 is 14.4 Å². The highest BCUT2D eigenvalue weighted by molar-refractivity contribution is 6.69. The van der Waals surface area contributed by atoms with Gasteiger partial charge in [-0.1, -0.05) is 6.07 Å². The van der Waals surface area contributed by atoms with E-state index in [-0.39, 0.29) is 0 Å². The molecule has 1 fully saturated rings. The Labute approximate surface area is 127 Å². The molecule has 0 bridgehead atoms. The van der Waals surface area contributed by atoms with E-state index in [2.05, 4.69) is 25.7 Å². The zero-order valence-corrected chi connectivity index (χ0v) is 14.2. The van der Waals surface area contributed by atoms with Gasteiger partial charge in [-0.2, -0.15) is 5.26 Å². The van der Waals surface area contributed by atoms with Gasteiger partial charge in [0, 0.05) is 0 Å². The second-order valence-corrected chi connectivity index (χ2v) is 10.9. The van der Waals surface area contributed by atoms with Gasteiger partial charge in [-0.15, -0.1) is 0 Å². The Morgan fingerprint density at radius 2 is 2.00 bits per heavy atom. The monoisotopic (exact) mass is 305 g/mol. The minimum absolute atomic E-state index is 0.550. The van der Waals surface area contributed by atoms with E-state index in [0.717, 1.165) is 5.56 Å². The van der Waals surface area contributed by atoms with Crippen LogP contribution in [0.3, 0.4) is 0 Å². The molecule has 1 aromatic rings. The van der Waals surface area contributed by atoms with E-state index in [1.54, 1.807) is 7.11 Å². The summed E-state index contributed by atoms with van der Waals surface area (Å²) in [4.78, 5) is 0. The lowest BCUT2D eigenvalue weighted by molar-refractivity contribution is 0.251. The lowest BCUT2D eigenvalue weighted by Gasteiger charge is -2.22. The maximum atomic E-state index is 9.36. The number of hydrogen-bond acceptors (Lipinski definition) is 4. The first kappa shape index (κ1) is 15.9. The Morgan fingerprint density at radius 1 is 1.29 bits per heavy atom. The van der Waals surface area contributed by atoms with Crippen molar-refractivity contribution >= 4 is 8.32 Å². The molecule has 0 heterocycles. The van der Waals surface area contributed by atoms with Crippen molar-refractivity contribution in [3.05, 3.63) is 23.8 Å². The quantitative estimate of drug-likeness (QED) is 0.717. The van der Waals surface area contributed by atoms with Crippen LogP contribution in [0.5, 0.6) is 11.5 Å². The van der Waals surface area contributed by atoms with E-state index in [1.807, 2.05) is 18.2 Å². The van der Waals surface area contributed by atoms with Crippen LogP contribution in [-0.4, -0.2) is 22.0 Å². The highest BCUT2D eigenvalue weighted by Crippen LogP contribution is 2.35. The number of hydrogen-bond donors (Lipinski definition) is 0. The highest BCUT2D eigenvalue weighted by atomic mass is 28.4. The van der Waals surface area contributed by atoms with Gasteiger partial charge in [-0.05, 0) is 56.1 Å². The van der Waals surface area contributed by atoms with E-state index in [9.17, 15) is 5.26 Å². The number of benzene rings is 1. The SMILES string of the molecule is COc1ccc(C(C#N)O[Si](C)(C)C)cc1OCC1CC1. The van der Waals surface area contributed by atoms with Gasteiger partial charge >= 0.3 is 0 Å². The summed E-state index contributed by atoms with van der Waals surface area (Å²) in [5.41, 5.74) is 0.825. The summed E-state index contributed by atoms with van der Waals surface area (Å²) in [5, 5.41) is 9.36. The summed E-state index contributed by atoms with van der Waals surface area (Å²) in [6.07, 6.45) is 1.93. The van der Waals surface area contributed by atoms with Crippen LogP contribution in [0.25, 0.3) is 0 Å². The van der Waals surface area contributed by atoms with Crippen LogP contribution < -0.4 is 9.47 Å². The zero-order chi connectivity index (χ0) is 15.5. The molecule has 1 saturated carbocycles. The van der Waals surface area contributed by atoms with Crippen molar-refractivity contribution in [3.8, 4) is 17.6 Å². The Morgan fingerprint density at radius 3 is 2.52 bits per heavy atom. The molecule has 1 unspecified atom stereocenters. The molecule has 0 aliphatic heterocycles. The minimum atomic E-state index is -1.78. The summed E-state index contributed by atoms with van der Waals surface area (Å²) >= 11 is 0. The maximum Gasteiger partial charge on any atom is 0.186 e. The molecule has 0 spiro atoms. The van der Waals surface area contributed by atoms with E-state index in [0.29, 0.717) is 24.0 Å². The van der Waals surface area contributed by atoms with Crippen LogP contribution in [-0.2, 0) is 4.43 Å². The molecule has 1 aliphatic rings. The molecule has 1 aromatic carbocycles. The van der Waals surface area contributed by atoms with Gasteiger partial charge in [-0.3, -0.25) is 0 Å². The van der Waals surface area contributed by atoms with Crippen molar-refractivity contribution in [2.24, 2.45) is 5.92 Å². The number of nitrogens with zero attached hydrogens (tertiary/aromatic N) is 1. The molecule has 0 N–H and O–H groups in total. The van der Waals surface area contributed by atoms with Gasteiger partial charge in [0.05, 0.1) is 19.8 Å². The first-order chi connectivity index (χ1) is 9.93. The molecule has 0 amide bonds. The molecule has 1 aliphatic carbocycles. The second kappa shape index (κ2) is 6.50. The number of methoxy groups -OCH3 is 1. The molecule has 4 nitrogen and oxygen atoms in total. The first-order valence-corrected chi connectivity index (χ1v) is 10.7. The fourth-order valence-corrected chi connectivity index (χ4v) is 2.88. The molecule has 0 radical (unpaired) electrons. The lowest BCUT2D eigenvalue weighted by Crippen LogP contribution is -2.27. The van der Waals surface area contributed by atoms with Crippen LogP contribution in [0.15, 0.2) is 18.2 Å². The molecule has 114 valence electrons. The normalized spacial score (nSPS) is 16.1. The molecular formula is C16H23NO3Si. The fraction of sp³-hybridized carbons (Fsp3) is 0.562. The van der Waals surface area contributed by atoms with Crippen LogP contribution >= 0.6 is 0 Å². The first-order valence-electron chi connectivity index (χ1n) is 7.31. The van der Waals surface area contributed by atoms with Crippen molar-refractivity contribution in [2.75, 3.05) is 13.7 Å². The number of rotatable bonds is 7. The van der Waals surface area contributed by atoms with Gasteiger partial charge in [0.1, 0.15) is 0 Å². The van der Waals surface area contributed by atoms with Gasteiger partial charge in [-0.25, -0.2) is 0 Å². The smallest absolute Gasteiger partial charge is 0.186 e. The van der Waals surface area contributed by atoms with Crippen molar-refractivity contribution in [1.82, 2.24) is 0 Å². The highest BCUT2D eigenvalue weighted by Gasteiger charge is 2.25. The van der Waals surface area contributed by atoms with Gasteiger partial charge < -0.3 is 13.9 Å². The predicted molar refractivity (Wildman–Crippen MR) is 84.0 cm³/mol. The molecule has 1 atom stereocenters. The number of ether oxygens (including phenoxy) is 2. The van der Waals surface area contributed by atoms with Crippen LogP contribution in [0.1, 0.15) is 24.5 Å². The van der Waals surface area contributed by atoms with Gasteiger partial charge in [0.25, 0.3) is 0 Å². The fourth-order valence-electron chi connectivity index (χ4n) is 1.98. The molecule has 21 heavy (non-hydrogen) atoms. The average molecular weight is 305 g/mol. The Bertz CT molecular complexity index is 529. The molecular weight excluding hydrogens is 282 g/mol. The van der Waals surface area contributed by atoms with E-state index in [4.69, 9.17) is 13.9 Å². The van der Waals surface area contributed by atoms with E-state index >= 15 is 0 Å². The van der Waals surface area contributed by atoms with Crippen molar-refractivity contribution < 1.29 is 13.9 Å². The Kier molecular flexibility index (Phi) is 4.91. The second-order valence-electron chi connectivity index (χ2n) is 6.40. The van der Waals surface area contributed by atoms with Crippen LogP contribution in [0.2, 0.25) is 19.6 Å².